The maximum Gasteiger partial charge on any atom is 0.416 e. The molecule has 0 spiro atoms. The van der Waals surface area contributed by atoms with Crippen molar-refractivity contribution in [2.24, 2.45) is 0 Å². The molecule has 0 aliphatic carbocycles. The second-order valence-corrected chi connectivity index (χ2v) is 4.17. The summed E-state index contributed by atoms with van der Waals surface area (Å²) in [5.41, 5.74) is -0.102. The number of fused-ring (bicyclic) bond motifs is 1. The van der Waals surface area contributed by atoms with Crippen molar-refractivity contribution in [3.8, 4) is 0 Å². The fraction of sp³-hybridized carbons (Fsp3) is 0.308. The van der Waals surface area contributed by atoms with Crippen LogP contribution < -0.4 is 5.43 Å². The topological polar surface area (TPSA) is 32.9 Å². The quantitative estimate of drug-likeness (QED) is 0.875. The molecule has 0 bridgehead atoms. The van der Waals surface area contributed by atoms with E-state index in [2.05, 4.69) is 4.98 Å². The van der Waals surface area contributed by atoms with Crippen LogP contribution in [0.15, 0.2) is 29.1 Å². The van der Waals surface area contributed by atoms with E-state index in [1.54, 1.807) is 0 Å². The molecular weight excluding hydrogens is 243 g/mol. The largest absolute Gasteiger partial charge is 0.416 e. The monoisotopic (exact) mass is 255 g/mol. The number of aromatic amines is 1. The minimum absolute atomic E-state index is 0.237. The van der Waals surface area contributed by atoms with Gasteiger partial charge >= 0.3 is 6.18 Å². The standard InChI is InChI=1S/C13H12F3NO/c1-2-3-9-7-12(18)10-5-4-8(13(14,15)16)6-11(10)17-9/h4-7H,2-3H2,1H3,(H,17,18). The number of hydrogen-bond donors (Lipinski definition) is 1. The summed E-state index contributed by atoms with van der Waals surface area (Å²) in [4.78, 5) is 14.6. The van der Waals surface area contributed by atoms with Gasteiger partial charge in [-0.25, -0.2) is 0 Å². The predicted octanol–water partition coefficient (Wildman–Crippen LogP) is 3.50. The first-order valence-electron chi connectivity index (χ1n) is 5.65. The number of pyridine rings is 1. The van der Waals surface area contributed by atoms with Crippen LogP contribution in [-0.4, -0.2) is 4.98 Å². The SMILES string of the molecule is CCCc1cc(=O)c2ccc(C(F)(F)F)cc2[nH]1. The van der Waals surface area contributed by atoms with Gasteiger partial charge in [-0.2, -0.15) is 13.2 Å². The van der Waals surface area contributed by atoms with Gasteiger partial charge < -0.3 is 4.98 Å². The molecule has 1 N–H and O–H groups in total. The normalized spacial score (nSPS) is 12.0. The van der Waals surface area contributed by atoms with E-state index in [1.807, 2.05) is 6.92 Å². The van der Waals surface area contributed by atoms with Gasteiger partial charge in [0.1, 0.15) is 0 Å². The van der Waals surface area contributed by atoms with Gasteiger partial charge in [0.2, 0.25) is 0 Å². The van der Waals surface area contributed by atoms with Crippen LogP contribution in [0.2, 0.25) is 0 Å². The van der Waals surface area contributed by atoms with Crippen molar-refractivity contribution in [2.75, 3.05) is 0 Å². The molecule has 0 atom stereocenters. The third kappa shape index (κ3) is 2.39. The number of benzene rings is 1. The van der Waals surface area contributed by atoms with Gasteiger partial charge in [-0.05, 0) is 24.6 Å². The lowest BCUT2D eigenvalue weighted by Crippen LogP contribution is -2.09. The Morgan fingerprint density at radius 1 is 1.22 bits per heavy atom. The molecule has 0 aliphatic heterocycles. The van der Waals surface area contributed by atoms with Crippen molar-refractivity contribution in [1.82, 2.24) is 4.98 Å². The highest BCUT2D eigenvalue weighted by molar-refractivity contribution is 5.79. The number of rotatable bonds is 2. The zero-order chi connectivity index (χ0) is 13.3. The van der Waals surface area contributed by atoms with Crippen LogP contribution in [0.5, 0.6) is 0 Å². The molecule has 2 nitrogen and oxygen atoms in total. The summed E-state index contributed by atoms with van der Waals surface area (Å²) in [5, 5.41) is 0.280. The Hall–Kier alpha value is -1.78. The first-order valence-corrected chi connectivity index (χ1v) is 5.65. The maximum atomic E-state index is 12.6. The number of H-pyrrole nitrogens is 1. The van der Waals surface area contributed by atoms with E-state index in [0.717, 1.165) is 18.6 Å². The Labute approximate surface area is 101 Å². The van der Waals surface area contributed by atoms with Crippen molar-refractivity contribution in [2.45, 2.75) is 25.9 Å². The molecule has 0 amide bonds. The molecule has 0 saturated heterocycles. The van der Waals surface area contributed by atoms with E-state index in [9.17, 15) is 18.0 Å². The second-order valence-electron chi connectivity index (χ2n) is 4.17. The Morgan fingerprint density at radius 2 is 1.94 bits per heavy atom. The summed E-state index contributed by atoms with van der Waals surface area (Å²) in [6.45, 7) is 1.94. The molecule has 0 unspecified atom stereocenters. The number of aryl methyl sites for hydroxylation is 1. The van der Waals surface area contributed by atoms with Crippen molar-refractivity contribution < 1.29 is 13.2 Å². The smallest absolute Gasteiger partial charge is 0.358 e. The van der Waals surface area contributed by atoms with Crippen molar-refractivity contribution >= 4 is 10.9 Å². The molecule has 18 heavy (non-hydrogen) atoms. The lowest BCUT2D eigenvalue weighted by molar-refractivity contribution is -0.137. The number of alkyl halides is 3. The fourth-order valence-corrected chi connectivity index (χ4v) is 1.89. The highest BCUT2D eigenvalue weighted by Crippen LogP contribution is 2.30. The summed E-state index contributed by atoms with van der Waals surface area (Å²) < 4.78 is 37.7. The van der Waals surface area contributed by atoms with Crippen LogP contribution in [0.25, 0.3) is 10.9 Å². The highest BCUT2D eigenvalue weighted by Gasteiger charge is 2.30. The van der Waals surface area contributed by atoms with Crippen molar-refractivity contribution in [3.05, 3.63) is 45.7 Å². The molecule has 0 fully saturated rings. The first kappa shape index (κ1) is 12.7. The molecule has 0 radical (unpaired) electrons. The molecule has 2 rings (SSSR count). The van der Waals surface area contributed by atoms with Crippen LogP contribution in [-0.2, 0) is 12.6 Å². The third-order valence-corrected chi connectivity index (χ3v) is 2.73. The molecule has 1 aromatic carbocycles. The molecule has 1 heterocycles. The number of aromatic nitrogens is 1. The van der Waals surface area contributed by atoms with Crippen molar-refractivity contribution in [3.63, 3.8) is 0 Å². The summed E-state index contributed by atoms with van der Waals surface area (Å²) in [6, 6.07) is 4.57. The molecule has 0 saturated carbocycles. The Balaban J connectivity index is 2.64. The molecule has 96 valence electrons. The minimum Gasteiger partial charge on any atom is -0.358 e. The van der Waals surface area contributed by atoms with Crippen LogP contribution in [0.1, 0.15) is 24.6 Å². The van der Waals surface area contributed by atoms with Crippen LogP contribution in [0.4, 0.5) is 13.2 Å². The van der Waals surface area contributed by atoms with E-state index < -0.39 is 11.7 Å². The summed E-state index contributed by atoms with van der Waals surface area (Å²) in [7, 11) is 0. The van der Waals surface area contributed by atoms with E-state index >= 15 is 0 Å². The molecule has 0 aliphatic rings. The fourth-order valence-electron chi connectivity index (χ4n) is 1.89. The number of halogens is 3. The van der Waals surface area contributed by atoms with Gasteiger partial charge in [-0.3, -0.25) is 4.79 Å². The van der Waals surface area contributed by atoms with Crippen molar-refractivity contribution in [1.29, 1.82) is 0 Å². The van der Waals surface area contributed by atoms with Gasteiger partial charge in [0.25, 0.3) is 0 Å². The third-order valence-electron chi connectivity index (χ3n) is 2.73. The van der Waals surface area contributed by atoms with Crippen LogP contribution in [0.3, 0.4) is 0 Å². The second kappa shape index (κ2) is 4.48. The number of nitrogens with one attached hydrogen (secondary N) is 1. The summed E-state index contributed by atoms with van der Waals surface area (Å²) in [5.74, 6) is 0. The van der Waals surface area contributed by atoms with E-state index in [4.69, 9.17) is 0 Å². The lowest BCUT2D eigenvalue weighted by atomic mass is 10.1. The molecule has 5 heteroatoms. The number of hydrogen-bond acceptors (Lipinski definition) is 1. The van der Waals surface area contributed by atoms with Gasteiger partial charge in [-0.15, -0.1) is 0 Å². The van der Waals surface area contributed by atoms with E-state index in [-0.39, 0.29) is 16.3 Å². The average molecular weight is 255 g/mol. The highest BCUT2D eigenvalue weighted by atomic mass is 19.4. The Morgan fingerprint density at radius 3 is 2.56 bits per heavy atom. The predicted molar refractivity (Wildman–Crippen MR) is 63.6 cm³/mol. The zero-order valence-electron chi connectivity index (χ0n) is 9.77. The molecular formula is C13H12F3NO. The van der Waals surface area contributed by atoms with Crippen LogP contribution >= 0.6 is 0 Å². The lowest BCUT2D eigenvalue weighted by Gasteiger charge is -2.08. The molecule has 2 aromatic rings. The Kier molecular flexibility index (Phi) is 3.15. The van der Waals surface area contributed by atoms with Gasteiger partial charge in [0.05, 0.1) is 11.1 Å². The zero-order valence-corrected chi connectivity index (χ0v) is 9.77. The van der Waals surface area contributed by atoms with Crippen LogP contribution in [0, 0.1) is 0 Å². The Bertz CT molecular complexity index is 628. The summed E-state index contributed by atoms with van der Waals surface area (Å²) >= 11 is 0. The van der Waals surface area contributed by atoms with Gasteiger partial charge in [0, 0.05) is 17.1 Å². The first-order chi connectivity index (χ1) is 8.41. The molecule has 1 aromatic heterocycles. The minimum atomic E-state index is -4.40. The van der Waals surface area contributed by atoms with Gasteiger partial charge in [0.15, 0.2) is 5.43 Å². The van der Waals surface area contributed by atoms with E-state index in [0.29, 0.717) is 12.1 Å². The summed E-state index contributed by atoms with van der Waals surface area (Å²) in [6.07, 6.45) is -2.94. The maximum absolute atomic E-state index is 12.6. The average Bonchev–Trinajstić information content (AvgIpc) is 2.27. The van der Waals surface area contributed by atoms with Gasteiger partial charge in [-0.1, -0.05) is 13.3 Å². The van der Waals surface area contributed by atoms with E-state index in [1.165, 1.54) is 12.1 Å².